The smallest absolute Gasteiger partial charge is 0.253 e. The molecular weight excluding hydrogens is 390 g/mol. The number of aromatic nitrogens is 1. The van der Waals surface area contributed by atoms with Gasteiger partial charge in [-0.2, -0.15) is 5.26 Å². The molecule has 1 aromatic heterocycles. The highest BCUT2D eigenvalue weighted by Crippen LogP contribution is 2.23. The van der Waals surface area contributed by atoms with Crippen molar-refractivity contribution in [1.82, 2.24) is 15.2 Å². The number of carbonyl (C=O) groups excluding carboxylic acids is 1. The van der Waals surface area contributed by atoms with Crippen LogP contribution in [0.1, 0.15) is 16.8 Å². The first kappa shape index (κ1) is 19.9. The van der Waals surface area contributed by atoms with E-state index in [1.54, 1.807) is 23.2 Å². The van der Waals surface area contributed by atoms with Gasteiger partial charge in [-0.3, -0.25) is 4.79 Å². The van der Waals surface area contributed by atoms with Crippen LogP contribution in [0.3, 0.4) is 0 Å². The molecule has 4 rings (SSSR count). The van der Waals surface area contributed by atoms with E-state index in [1.165, 1.54) is 12.1 Å². The van der Waals surface area contributed by atoms with E-state index < -0.39 is 11.6 Å². The number of nitrogens with one attached hydrogen (secondary N) is 1. The lowest BCUT2D eigenvalue weighted by Crippen LogP contribution is -2.47. The van der Waals surface area contributed by atoms with Gasteiger partial charge in [0.2, 0.25) is 0 Å². The maximum atomic E-state index is 14.0. The van der Waals surface area contributed by atoms with Crippen molar-refractivity contribution in [3.05, 3.63) is 53.7 Å². The Hall–Kier alpha value is -3.41. The van der Waals surface area contributed by atoms with Crippen LogP contribution in [0.25, 0.3) is 0 Å². The standard InChI is InChI=1S/C21H22F2N6O/c22-16-2-3-19(18(23)11-16)28-7-9-29(10-8-28)20-4-1-15(12-25-20)21(30)26-17-5-6-27(13-17)14-24/h1-4,11-12,17H,5-10,13H2,(H,26,30)/t17-/m1/s1. The first-order chi connectivity index (χ1) is 14.5. The third-order valence-corrected chi connectivity index (χ3v) is 5.53. The summed E-state index contributed by atoms with van der Waals surface area (Å²) < 4.78 is 27.1. The highest BCUT2D eigenvalue weighted by molar-refractivity contribution is 5.94. The highest BCUT2D eigenvalue weighted by atomic mass is 19.1. The topological polar surface area (TPSA) is 75.5 Å². The molecule has 2 aliphatic heterocycles. The van der Waals surface area contributed by atoms with Crippen molar-refractivity contribution in [3.63, 3.8) is 0 Å². The van der Waals surface area contributed by atoms with Crippen molar-refractivity contribution in [3.8, 4) is 6.19 Å². The van der Waals surface area contributed by atoms with E-state index in [1.807, 2.05) is 4.90 Å². The van der Waals surface area contributed by atoms with Crippen LogP contribution in [0.2, 0.25) is 0 Å². The van der Waals surface area contributed by atoms with Crippen LogP contribution in [0.5, 0.6) is 0 Å². The second-order valence-corrected chi connectivity index (χ2v) is 7.48. The summed E-state index contributed by atoms with van der Waals surface area (Å²) in [7, 11) is 0. The molecule has 1 atom stereocenters. The van der Waals surface area contributed by atoms with Crippen molar-refractivity contribution in [1.29, 1.82) is 5.26 Å². The van der Waals surface area contributed by atoms with Crippen molar-refractivity contribution < 1.29 is 13.6 Å². The zero-order valence-electron chi connectivity index (χ0n) is 16.4. The number of hydrogen-bond acceptors (Lipinski definition) is 6. The van der Waals surface area contributed by atoms with Crippen molar-refractivity contribution in [2.45, 2.75) is 12.5 Å². The number of benzene rings is 1. The lowest BCUT2D eigenvalue weighted by atomic mass is 10.2. The summed E-state index contributed by atoms with van der Waals surface area (Å²) in [5.74, 6) is -0.589. The molecule has 0 radical (unpaired) electrons. The van der Waals surface area contributed by atoms with Crippen LogP contribution < -0.4 is 15.1 Å². The van der Waals surface area contributed by atoms with E-state index in [-0.39, 0.29) is 11.9 Å². The number of pyridine rings is 1. The summed E-state index contributed by atoms with van der Waals surface area (Å²) in [5, 5.41) is 11.8. The van der Waals surface area contributed by atoms with Crippen LogP contribution >= 0.6 is 0 Å². The number of nitrogens with zero attached hydrogens (tertiary/aromatic N) is 5. The lowest BCUT2D eigenvalue weighted by Gasteiger charge is -2.36. The first-order valence-electron chi connectivity index (χ1n) is 9.90. The van der Waals surface area contributed by atoms with E-state index in [4.69, 9.17) is 5.26 Å². The van der Waals surface area contributed by atoms with E-state index in [9.17, 15) is 13.6 Å². The number of hydrogen-bond donors (Lipinski definition) is 1. The summed E-state index contributed by atoms with van der Waals surface area (Å²) >= 11 is 0. The zero-order chi connectivity index (χ0) is 21.1. The minimum atomic E-state index is -0.585. The normalized spacial score (nSPS) is 19.0. The molecule has 30 heavy (non-hydrogen) atoms. The second kappa shape index (κ2) is 8.53. The minimum absolute atomic E-state index is 0.0308. The average molecular weight is 412 g/mol. The second-order valence-electron chi connectivity index (χ2n) is 7.48. The average Bonchev–Trinajstić information content (AvgIpc) is 3.22. The third kappa shape index (κ3) is 4.27. The highest BCUT2D eigenvalue weighted by Gasteiger charge is 2.24. The summed E-state index contributed by atoms with van der Waals surface area (Å²) in [6, 6.07) is 7.14. The predicted octanol–water partition coefficient (Wildman–Crippen LogP) is 1.97. The minimum Gasteiger partial charge on any atom is -0.366 e. The molecule has 0 spiro atoms. The van der Waals surface area contributed by atoms with Crippen LogP contribution in [-0.4, -0.2) is 61.1 Å². The third-order valence-electron chi connectivity index (χ3n) is 5.53. The van der Waals surface area contributed by atoms with Gasteiger partial charge in [0.25, 0.3) is 5.91 Å². The van der Waals surface area contributed by atoms with Crippen molar-refractivity contribution in [2.24, 2.45) is 0 Å². The van der Waals surface area contributed by atoms with E-state index in [0.717, 1.165) is 18.3 Å². The molecular formula is C21H22F2N6O. The van der Waals surface area contributed by atoms with Gasteiger partial charge in [0.15, 0.2) is 6.19 Å². The molecule has 0 aliphatic carbocycles. The quantitative estimate of drug-likeness (QED) is 0.774. The van der Waals surface area contributed by atoms with E-state index in [0.29, 0.717) is 50.5 Å². The maximum Gasteiger partial charge on any atom is 0.253 e. The fourth-order valence-corrected chi connectivity index (χ4v) is 3.86. The van der Waals surface area contributed by atoms with Gasteiger partial charge < -0.3 is 20.0 Å². The van der Waals surface area contributed by atoms with Gasteiger partial charge in [0.05, 0.1) is 11.3 Å². The molecule has 156 valence electrons. The van der Waals surface area contributed by atoms with Gasteiger partial charge in [-0.1, -0.05) is 0 Å². The zero-order valence-corrected chi connectivity index (χ0v) is 16.4. The number of amides is 1. The molecule has 2 saturated heterocycles. The largest absolute Gasteiger partial charge is 0.366 e. The lowest BCUT2D eigenvalue weighted by molar-refractivity contribution is 0.0938. The van der Waals surface area contributed by atoms with Crippen molar-refractivity contribution >= 4 is 17.4 Å². The molecule has 2 aromatic rings. The Morgan fingerprint density at radius 1 is 1.10 bits per heavy atom. The Balaban J connectivity index is 1.32. The van der Waals surface area contributed by atoms with Crippen LogP contribution in [0.4, 0.5) is 20.3 Å². The summed E-state index contributed by atoms with van der Waals surface area (Å²) in [6.07, 6.45) is 4.40. The molecule has 2 fully saturated rings. The number of nitriles is 1. The summed E-state index contributed by atoms with van der Waals surface area (Å²) in [4.78, 5) is 22.4. The van der Waals surface area contributed by atoms with Gasteiger partial charge in [-0.05, 0) is 30.7 Å². The van der Waals surface area contributed by atoms with Gasteiger partial charge >= 0.3 is 0 Å². The van der Waals surface area contributed by atoms with Crippen molar-refractivity contribution in [2.75, 3.05) is 49.1 Å². The molecule has 1 N–H and O–H groups in total. The molecule has 2 aliphatic rings. The van der Waals surface area contributed by atoms with Crippen LogP contribution in [0.15, 0.2) is 36.5 Å². The fourth-order valence-electron chi connectivity index (χ4n) is 3.86. The van der Waals surface area contributed by atoms with Gasteiger partial charge in [-0.25, -0.2) is 13.8 Å². The Bertz CT molecular complexity index is 953. The number of carbonyl (C=O) groups is 1. The molecule has 0 bridgehead atoms. The predicted molar refractivity (Wildman–Crippen MR) is 108 cm³/mol. The SMILES string of the molecule is N#CN1CC[C@@H](NC(=O)c2ccc(N3CCN(c4ccc(F)cc4F)CC3)nc2)C1. The monoisotopic (exact) mass is 412 g/mol. The Morgan fingerprint density at radius 2 is 1.87 bits per heavy atom. The molecule has 1 aromatic carbocycles. The Kier molecular flexibility index (Phi) is 5.65. The Morgan fingerprint density at radius 3 is 2.50 bits per heavy atom. The van der Waals surface area contributed by atoms with Gasteiger partial charge in [0.1, 0.15) is 17.5 Å². The molecule has 0 saturated carbocycles. The molecule has 1 amide bonds. The van der Waals surface area contributed by atoms with E-state index >= 15 is 0 Å². The first-order valence-corrected chi connectivity index (χ1v) is 9.90. The fraction of sp³-hybridized carbons (Fsp3) is 0.381. The molecule has 7 nitrogen and oxygen atoms in total. The maximum absolute atomic E-state index is 14.0. The molecule has 0 unspecified atom stereocenters. The number of halogens is 2. The molecule has 3 heterocycles. The molecule has 9 heteroatoms. The number of anilines is 2. The van der Waals surface area contributed by atoms with Gasteiger partial charge in [-0.15, -0.1) is 0 Å². The summed E-state index contributed by atoms with van der Waals surface area (Å²) in [6.45, 7) is 3.65. The Labute approximate surface area is 173 Å². The van der Waals surface area contributed by atoms with E-state index in [2.05, 4.69) is 21.4 Å². The van der Waals surface area contributed by atoms with Gasteiger partial charge in [0, 0.05) is 57.6 Å². The van der Waals surface area contributed by atoms with Crippen LogP contribution in [0, 0.1) is 23.1 Å². The number of likely N-dealkylation sites (tertiary alicyclic amines) is 1. The number of rotatable bonds is 4. The van der Waals surface area contributed by atoms with Crippen LogP contribution in [-0.2, 0) is 0 Å². The summed E-state index contributed by atoms with van der Waals surface area (Å²) in [5.41, 5.74) is 0.874. The number of piperazine rings is 1.